The maximum atomic E-state index is 12.2. The third kappa shape index (κ3) is 4.23. The normalized spacial score (nSPS) is 15.5. The zero-order valence-electron chi connectivity index (χ0n) is 13.6. The number of hydrogen-bond acceptors (Lipinski definition) is 3. The van der Waals surface area contributed by atoms with Gasteiger partial charge in [-0.05, 0) is 37.0 Å². The number of hydrogen-bond donors (Lipinski definition) is 1. The summed E-state index contributed by atoms with van der Waals surface area (Å²) in [6, 6.07) is 7.26. The molecule has 1 heterocycles. The van der Waals surface area contributed by atoms with Gasteiger partial charge < -0.3 is 15.1 Å². The highest BCUT2D eigenvalue weighted by atomic mass is 16.2. The molecule has 0 radical (unpaired) electrons. The molecule has 5 heteroatoms. The smallest absolute Gasteiger partial charge is 0.253 e. The van der Waals surface area contributed by atoms with Gasteiger partial charge in [-0.1, -0.05) is 13.0 Å². The molecule has 0 aliphatic carbocycles. The van der Waals surface area contributed by atoms with Crippen LogP contribution >= 0.6 is 0 Å². The SMILES string of the molecule is CC1CCN(C(=O)CNc2cccc(C(=O)N(C)C)c2)CC1. The van der Waals surface area contributed by atoms with Crippen molar-refractivity contribution in [3.63, 3.8) is 0 Å². The summed E-state index contributed by atoms with van der Waals surface area (Å²) in [5.74, 6) is 0.793. The lowest BCUT2D eigenvalue weighted by Gasteiger charge is -2.30. The first-order valence-corrected chi connectivity index (χ1v) is 7.80. The Morgan fingerprint density at radius 1 is 1.27 bits per heavy atom. The minimum absolute atomic E-state index is 0.0417. The van der Waals surface area contributed by atoms with E-state index in [1.807, 2.05) is 17.0 Å². The van der Waals surface area contributed by atoms with Crippen molar-refractivity contribution in [3.8, 4) is 0 Å². The van der Waals surface area contributed by atoms with Crippen LogP contribution in [0.15, 0.2) is 24.3 Å². The molecule has 1 saturated heterocycles. The fraction of sp³-hybridized carbons (Fsp3) is 0.529. The van der Waals surface area contributed by atoms with Crippen LogP contribution in [0.4, 0.5) is 5.69 Å². The maximum Gasteiger partial charge on any atom is 0.253 e. The van der Waals surface area contributed by atoms with Crippen LogP contribution in [-0.2, 0) is 4.79 Å². The second-order valence-electron chi connectivity index (χ2n) is 6.20. The van der Waals surface area contributed by atoms with E-state index < -0.39 is 0 Å². The molecule has 0 saturated carbocycles. The van der Waals surface area contributed by atoms with Gasteiger partial charge in [-0.25, -0.2) is 0 Å². The van der Waals surface area contributed by atoms with Gasteiger partial charge in [0.05, 0.1) is 6.54 Å². The summed E-state index contributed by atoms with van der Waals surface area (Å²) in [6.45, 7) is 4.20. The molecule has 1 fully saturated rings. The van der Waals surface area contributed by atoms with Crippen LogP contribution in [0, 0.1) is 5.92 Å². The fourth-order valence-electron chi connectivity index (χ4n) is 2.57. The maximum absolute atomic E-state index is 12.2. The van der Waals surface area contributed by atoms with Gasteiger partial charge in [0, 0.05) is 38.4 Å². The van der Waals surface area contributed by atoms with E-state index in [0.717, 1.165) is 31.6 Å². The average Bonchev–Trinajstić information content (AvgIpc) is 2.52. The van der Waals surface area contributed by atoms with Crippen molar-refractivity contribution in [1.82, 2.24) is 9.80 Å². The Labute approximate surface area is 132 Å². The van der Waals surface area contributed by atoms with E-state index >= 15 is 0 Å². The van der Waals surface area contributed by atoms with Gasteiger partial charge in [-0.15, -0.1) is 0 Å². The molecular formula is C17H25N3O2. The number of carbonyl (C=O) groups is 2. The van der Waals surface area contributed by atoms with Gasteiger partial charge in [0.2, 0.25) is 5.91 Å². The average molecular weight is 303 g/mol. The van der Waals surface area contributed by atoms with E-state index in [9.17, 15) is 9.59 Å². The van der Waals surface area contributed by atoms with Crippen molar-refractivity contribution in [2.24, 2.45) is 5.92 Å². The molecule has 22 heavy (non-hydrogen) atoms. The number of carbonyl (C=O) groups excluding carboxylic acids is 2. The first-order valence-electron chi connectivity index (χ1n) is 7.80. The summed E-state index contributed by atoms with van der Waals surface area (Å²) in [4.78, 5) is 27.6. The van der Waals surface area contributed by atoms with Gasteiger partial charge in [0.15, 0.2) is 0 Å². The highest BCUT2D eigenvalue weighted by Crippen LogP contribution is 2.16. The summed E-state index contributed by atoms with van der Waals surface area (Å²) in [5.41, 5.74) is 1.42. The zero-order valence-corrected chi connectivity index (χ0v) is 13.6. The van der Waals surface area contributed by atoms with E-state index in [1.54, 1.807) is 31.1 Å². The van der Waals surface area contributed by atoms with Crippen LogP contribution in [0.25, 0.3) is 0 Å². The Morgan fingerprint density at radius 3 is 2.59 bits per heavy atom. The largest absolute Gasteiger partial charge is 0.376 e. The Hall–Kier alpha value is -2.04. The van der Waals surface area contributed by atoms with E-state index in [0.29, 0.717) is 11.5 Å². The Bertz CT molecular complexity index is 534. The van der Waals surface area contributed by atoms with Crippen molar-refractivity contribution in [1.29, 1.82) is 0 Å². The number of nitrogens with zero attached hydrogens (tertiary/aromatic N) is 2. The first-order chi connectivity index (χ1) is 10.5. The van der Waals surface area contributed by atoms with Crippen molar-refractivity contribution >= 4 is 17.5 Å². The van der Waals surface area contributed by atoms with Crippen molar-refractivity contribution in [2.45, 2.75) is 19.8 Å². The van der Waals surface area contributed by atoms with Gasteiger partial charge in [0.1, 0.15) is 0 Å². The van der Waals surface area contributed by atoms with E-state index in [2.05, 4.69) is 12.2 Å². The lowest BCUT2D eigenvalue weighted by molar-refractivity contribution is -0.130. The van der Waals surface area contributed by atoms with Crippen molar-refractivity contribution < 1.29 is 9.59 Å². The van der Waals surface area contributed by atoms with Crippen LogP contribution in [0.1, 0.15) is 30.1 Å². The number of piperidine rings is 1. The molecule has 0 unspecified atom stereocenters. The second-order valence-corrected chi connectivity index (χ2v) is 6.20. The predicted molar refractivity (Wildman–Crippen MR) is 87.9 cm³/mol. The van der Waals surface area contributed by atoms with Crippen LogP contribution in [0.2, 0.25) is 0 Å². The van der Waals surface area contributed by atoms with E-state index in [4.69, 9.17) is 0 Å². The highest BCUT2D eigenvalue weighted by molar-refractivity contribution is 5.95. The Balaban J connectivity index is 1.90. The molecule has 1 aromatic carbocycles. The summed E-state index contributed by atoms with van der Waals surface area (Å²) in [6.07, 6.45) is 2.16. The molecule has 0 spiro atoms. The summed E-state index contributed by atoms with van der Waals surface area (Å²) in [5, 5.41) is 3.13. The molecule has 0 atom stereocenters. The number of nitrogens with one attached hydrogen (secondary N) is 1. The highest BCUT2D eigenvalue weighted by Gasteiger charge is 2.19. The van der Waals surface area contributed by atoms with Crippen molar-refractivity contribution in [2.75, 3.05) is 39.0 Å². The molecule has 2 rings (SSSR count). The standard InChI is InChI=1S/C17H25N3O2/c1-13-7-9-20(10-8-13)16(21)12-18-15-6-4-5-14(11-15)17(22)19(2)3/h4-6,11,13,18H,7-10,12H2,1-3H3. The molecule has 1 N–H and O–H groups in total. The molecule has 1 aromatic rings. The predicted octanol–water partition coefficient (Wildman–Crippen LogP) is 2.06. The van der Waals surface area contributed by atoms with Gasteiger partial charge >= 0.3 is 0 Å². The van der Waals surface area contributed by atoms with Crippen LogP contribution < -0.4 is 5.32 Å². The summed E-state index contributed by atoms with van der Waals surface area (Å²) >= 11 is 0. The minimum atomic E-state index is -0.0417. The first kappa shape index (κ1) is 16.3. The third-order valence-corrected chi connectivity index (χ3v) is 4.10. The van der Waals surface area contributed by atoms with Gasteiger partial charge in [-0.2, -0.15) is 0 Å². The third-order valence-electron chi connectivity index (χ3n) is 4.10. The number of rotatable bonds is 4. The molecule has 120 valence electrons. The van der Waals surface area contributed by atoms with Gasteiger partial charge in [0.25, 0.3) is 5.91 Å². The molecule has 1 aliphatic heterocycles. The second kappa shape index (κ2) is 7.29. The molecule has 5 nitrogen and oxygen atoms in total. The Morgan fingerprint density at radius 2 is 1.95 bits per heavy atom. The van der Waals surface area contributed by atoms with Gasteiger partial charge in [-0.3, -0.25) is 9.59 Å². The number of likely N-dealkylation sites (tertiary alicyclic amines) is 1. The number of anilines is 1. The number of benzene rings is 1. The molecule has 0 aromatic heterocycles. The lowest BCUT2D eigenvalue weighted by Crippen LogP contribution is -2.40. The number of amides is 2. The fourth-order valence-corrected chi connectivity index (χ4v) is 2.57. The summed E-state index contributed by atoms with van der Waals surface area (Å²) < 4.78 is 0. The molecule has 0 bridgehead atoms. The van der Waals surface area contributed by atoms with Crippen LogP contribution in [0.3, 0.4) is 0 Å². The monoisotopic (exact) mass is 303 g/mol. The Kier molecular flexibility index (Phi) is 5.41. The zero-order chi connectivity index (χ0) is 16.1. The molecular weight excluding hydrogens is 278 g/mol. The van der Waals surface area contributed by atoms with Crippen LogP contribution in [-0.4, -0.2) is 55.3 Å². The minimum Gasteiger partial charge on any atom is -0.376 e. The topological polar surface area (TPSA) is 52.7 Å². The van der Waals surface area contributed by atoms with Crippen LogP contribution in [0.5, 0.6) is 0 Å². The molecule has 2 amide bonds. The van der Waals surface area contributed by atoms with E-state index in [-0.39, 0.29) is 18.4 Å². The lowest BCUT2D eigenvalue weighted by atomic mass is 9.99. The van der Waals surface area contributed by atoms with Crippen molar-refractivity contribution in [3.05, 3.63) is 29.8 Å². The van der Waals surface area contributed by atoms with E-state index in [1.165, 1.54) is 0 Å². The quantitative estimate of drug-likeness (QED) is 0.926. The molecule has 1 aliphatic rings. The summed E-state index contributed by atoms with van der Waals surface area (Å²) in [7, 11) is 3.45.